The van der Waals surface area contributed by atoms with Crippen LogP contribution in [-0.2, 0) is 14.8 Å². The molecule has 0 aliphatic rings. The van der Waals surface area contributed by atoms with Crippen LogP contribution in [-0.4, -0.2) is 25.4 Å². The first-order valence-corrected chi connectivity index (χ1v) is 10.00. The molecule has 0 saturated carbocycles. The summed E-state index contributed by atoms with van der Waals surface area (Å²) in [6, 6.07) is 12.1. The van der Waals surface area contributed by atoms with Crippen molar-refractivity contribution in [3.8, 4) is 0 Å². The molecule has 1 aromatic heterocycles. The largest absolute Gasteiger partial charge is 0.441 e. The van der Waals surface area contributed by atoms with Gasteiger partial charge in [0.1, 0.15) is 11.6 Å². The third kappa shape index (κ3) is 4.35. The van der Waals surface area contributed by atoms with Gasteiger partial charge in [-0.3, -0.25) is 4.79 Å². The monoisotopic (exact) mass is 387 g/mol. The number of benzene rings is 2. The summed E-state index contributed by atoms with van der Waals surface area (Å²) in [5.74, 6) is -0.158. The van der Waals surface area contributed by atoms with Gasteiger partial charge in [-0.1, -0.05) is 32.0 Å². The number of amides is 1. The van der Waals surface area contributed by atoms with E-state index in [9.17, 15) is 13.2 Å². The lowest BCUT2D eigenvalue weighted by Gasteiger charge is -2.21. The zero-order valence-corrected chi connectivity index (χ0v) is 16.1. The van der Waals surface area contributed by atoms with Gasteiger partial charge in [-0.05, 0) is 36.2 Å². The van der Waals surface area contributed by atoms with Crippen LogP contribution in [0.3, 0.4) is 0 Å². The van der Waals surface area contributed by atoms with Crippen LogP contribution in [0, 0.1) is 12.8 Å². The predicted molar refractivity (Wildman–Crippen MR) is 103 cm³/mol. The van der Waals surface area contributed by atoms with Gasteiger partial charge in [-0.25, -0.2) is 13.4 Å². The Labute approximate surface area is 157 Å². The first kappa shape index (κ1) is 19.1. The van der Waals surface area contributed by atoms with Gasteiger partial charge in [0.25, 0.3) is 0 Å². The molecule has 7 nitrogen and oxygen atoms in total. The molecule has 0 spiro atoms. The van der Waals surface area contributed by atoms with Crippen molar-refractivity contribution in [1.29, 1.82) is 0 Å². The summed E-state index contributed by atoms with van der Waals surface area (Å²) in [6.07, 6.45) is 0. The van der Waals surface area contributed by atoms with Gasteiger partial charge in [-0.15, -0.1) is 0 Å². The number of nitrogens with one attached hydrogen (secondary N) is 2. The van der Waals surface area contributed by atoms with E-state index in [-0.39, 0.29) is 10.8 Å². The SMILES string of the molecule is Cc1nc2cc(NC(=O)C(NS(=O)(=O)c3ccccc3)C(C)C)ccc2o1. The van der Waals surface area contributed by atoms with Gasteiger partial charge in [0.2, 0.25) is 15.9 Å². The van der Waals surface area contributed by atoms with E-state index < -0.39 is 22.0 Å². The molecule has 0 aliphatic carbocycles. The van der Waals surface area contributed by atoms with Crippen molar-refractivity contribution in [3.05, 3.63) is 54.4 Å². The summed E-state index contributed by atoms with van der Waals surface area (Å²) in [5.41, 5.74) is 1.76. The summed E-state index contributed by atoms with van der Waals surface area (Å²) >= 11 is 0. The van der Waals surface area contributed by atoms with E-state index in [1.54, 1.807) is 57.2 Å². The van der Waals surface area contributed by atoms with E-state index >= 15 is 0 Å². The Balaban J connectivity index is 1.80. The molecule has 0 radical (unpaired) electrons. The van der Waals surface area contributed by atoms with Gasteiger partial charge in [-0.2, -0.15) is 4.72 Å². The van der Waals surface area contributed by atoms with Gasteiger partial charge < -0.3 is 9.73 Å². The quantitative estimate of drug-likeness (QED) is 0.677. The number of carbonyl (C=O) groups is 1. The molecule has 142 valence electrons. The Morgan fingerprint density at radius 2 is 1.81 bits per heavy atom. The lowest BCUT2D eigenvalue weighted by molar-refractivity contribution is -0.118. The number of fused-ring (bicyclic) bond motifs is 1. The zero-order valence-electron chi connectivity index (χ0n) is 15.3. The van der Waals surface area contributed by atoms with Crippen LogP contribution in [0.25, 0.3) is 11.1 Å². The number of anilines is 1. The van der Waals surface area contributed by atoms with Crippen molar-refractivity contribution < 1.29 is 17.6 Å². The Hall–Kier alpha value is -2.71. The highest BCUT2D eigenvalue weighted by atomic mass is 32.2. The molecular weight excluding hydrogens is 366 g/mol. The zero-order chi connectivity index (χ0) is 19.6. The number of oxazole rings is 1. The molecule has 0 fully saturated rings. The fourth-order valence-electron chi connectivity index (χ4n) is 2.67. The highest BCUT2D eigenvalue weighted by Crippen LogP contribution is 2.20. The molecule has 3 aromatic rings. The first-order valence-electron chi connectivity index (χ1n) is 8.52. The van der Waals surface area contributed by atoms with Gasteiger partial charge in [0.15, 0.2) is 11.5 Å². The van der Waals surface area contributed by atoms with Crippen molar-refractivity contribution in [3.63, 3.8) is 0 Å². The standard InChI is InChI=1S/C19H21N3O4S/c1-12(2)18(22-27(24,25)15-7-5-4-6-8-15)19(23)21-14-9-10-17-16(11-14)20-13(3)26-17/h4-12,18,22H,1-3H3,(H,21,23). The molecule has 1 amide bonds. The van der Waals surface area contributed by atoms with E-state index in [0.717, 1.165) is 0 Å². The summed E-state index contributed by atoms with van der Waals surface area (Å²) < 4.78 is 33.0. The fraction of sp³-hybridized carbons (Fsp3) is 0.263. The van der Waals surface area contributed by atoms with Crippen molar-refractivity contribution >= 4 is 32.7 Å². The van der Waals surface area contributed by atoms with Crippen molar-refractivity contribution in [2.45, 2.75) is 31.7 Å². The molecule has 3 rings (SSSR count). The Morgan fingerprint density at radius 3 is 2.48 bits per heavy atom. The minimum Gasteiger partial charge on any atom is -0.441 e. The summed E-state index contributed by atoms with van der Waals surface area (Å²) in [5, 5.41) is 2.75. The highest BCUT2D eigenvalue weighted by molar-refractivity contribution is 7.89. The van der Waals surface area contributed by atoms with Crippen LogP contribution in [0.4, 0.5) is 5.69 Å². The summed E-state index contributed by atoms with van der Waals surface area (Å²) in [7, 11) is -3.81. The number of rotatable bonds is 6. The Morgan fingerprint density at radius 1 is 1.11 bits per heavy atom. The number of sulfonamides is 1. The molecule has 1 atom stereocenters. The molecule has 2 N–H and O–H groups in total. The minimum absolute atomic E-state index is 0.114. The minimum atomic E-state index is -3.81. The molecule has 1 heterocycles. The van der Waals surface area contributed by atoms with E-state index in [1.807, 2.05) is 0 Å². The molecular formula is C19H21N3O4S. The number of hydrogen-bond acceptors (Lipinski definition) is 5. The highest BCUT2D eigenvalue weighted by Gasteiger charge is 2.28. The average molecular weight is 387 g/mol. The second kappa shape index (κ2) is 7.50. The van der Waals surface area contributed by atoms with Crippen LogP contribution >= 0.6 is 0 Å². The predicted octanol–water partition coefficient (Wildman–Crippen LogP) is 3.08. The van der Waals surface area contributed by atoms with Crippen LogP contribution in [0.2, 0.25) is 0 Å². The average Bonchev–Trinajstić information content (AvgIpc) is 2.99. The van der Waals surface area contributed by atoms with Crippen LogP contribution in [0.15, 0.2) is 57.8 Å². The lowest BCUT2D eigenvalue weighted by Crippen LogP contribution is -2.47. The van der Waals surface area contributed by atoms with Gasteiger partial charge in [0.05, 0.1) is 4.90 Å². The smallest absolute Gasteiger partial charge is 0.242 e. The van der Waals surface area contributed by atoms with Gasteiger partial charge in [0, 0.05) is 12.6 Å². The maximum absolute atomic E-state index is 12.7. The number of nitrogens with zero attached hydrogens (tertiary/aromatic N) is 1. The molecule has 0 saturated heterocycles. The maximum Gasteiger partial charge on any atom is 0.242 e. The van der Waals surface area contributed by atoms with Crippen molar-refractivity contribution in [2.24, 2.45) is 5.92 Å². The van der Waals surface area contributed by atoms with Gasteiger partial charge >= 0.3 is 0 Å². The van der Waals surface area contributed by atoms with Crippen molar-refractivity contribution in [1.82, 2.24) is 9.71 Å². The van der Waals surface area contributed by atoms with E-state index in [0.29, 0.717) is 22.7 Å². The third-order valence-electron chi connectivity index (χ3n) is 4.05. The molecule has 27 heavy (non-hydrogen) atoms. The normalized spacial score (nSPS) is 13.0. The summed E-state index contributed by atoms with van der Waals surface area (Å²) in [4.78, 5) is 17.1. The Kier molecular flexibility index (Phi) is 5.29. The molecule has 0 aliphatic heterocycles. The number of aryl methyl sites for hydroxylation is 1. The Bertz CT molecular complexity index is 1060. The van der Waals surface area contributed by atoms with Crippen LogP contribution < -0.4 is 10.0 Å². The molecule has 1 unspecified atom stereocenters. The molecule has 8 heteroatoms. The third-order valence-corrected chi connectivity index (χ3v) is 5.50. The number of hydrogen-bond donors (Lipinski definition) is 2. The second-order valence-corrected chi connectivity index (χ2v) is 8.27. The molecule has 2 aromatic carbocycles. The van der Waals surface area contributed by atoms with E-state index in [2.05, 4.69) is 15.0 Å². The number of aromatic nitrogens is 1. The topological polar surface area (TPSA) is 101 Å². The summed E-state index contributed by atoms with van der Waals surface area (Å²) in [6.45, 7) is 5.30. The van der Waals surface area contributed by atoms with Crippen LogP contribution in [0.5, 0.6) is 0 Å². The maximum atomic E-state index is 12.7. The van der Waals surface area contributed by atoms with E-state index in [1.165, 1.54) is 12.1 Å². The van der Waals surface area contributed by atoms with Crippen LogP contribution in [0.1, 0.15) is 19.7 Å². The van der Waals surface area contributed by atoms with E-state index in [4.69, 9.17) is 4.42 Å². The number of carbonyl (C=O) groups excluding carboxylic acids is 1. The molecule has 0 bridgehead atoms. The lowest BCUT2D eigenvalue weighted by atomic mass is 10.0. The second-order valence-electron chi connectivity index (χ2n) is 6.56. The first-order chi connectivity index (χ1) is 12.8. The fourth-order valence-corrected chi connectivity index (χ4v) is 4.03. The van der Waals surface area contributed by atoms with Crippen molar-refractivity contribution in [2.75, 3.05) is 5.32 Å².